The number of rotatable bonds is 5. The molecule has 1 heterocycles. The molecule has 0 aromatic heterocycles. The van der Waals surface area contributed by atoms with Crippen LogP contribution in [0.2, 0.25) is 5.02 Å². The summed E-state index contributed by atoms with van der Waals surface area (Å²) in [5, 5.41) is 2.87. The first-order chi connectivity index (χ1) is 15.4. The topological polar surface area (TPSA) is 75.7 Å². The van der Waals surface area contributed by atoms with Gasteiger partial charge >= 0.3 is 6.03 Å². The Morgan fingerprint density at radius 1 is 0.969 bits per heavy atom. The molecule has 1 N–H and O–H groups in total. The molecule has 4 amide bonds. The van der Waals surface area contributed by atoms with Gasteiger partial charge in [-0.15, -0.1) is 0 Å². The molecule has 0 saturated carbocycles. The summed E-state index contributed by atoms with van der Waals surface area (Å²) in [6, 6.07) is 20.5. The number of benzene rings is 3. The minimum Gasteiger partial charge on any atom is -0.488 e. The summed E-state index contributed by atoms with van der Waals surface area (Å²) in [4.78, 5) is 38.9. The normalized spacial score (nSPS) is 15.1. The van der Waals surface area contributed by atoms with E-state index in [2.05, 4.69) is 5.32 Å². The highest BCUT2D eigenvalue weighted by Crippen LogP contribution is 2.26. The molecule has 0 radical (unpaired) electrons. The second kappa shape index (κ2) is 9.08. The van der Waals surface area contributed by atoms with E-state index >= 15 is 0 Å². The van der Waals surface area contributed by atoms with Crippen molar-refractivity contribution >= 4 is 41.2 Å². The van der Waals surface area contributed by atoms with Gasteiger partial charge in [-0.25, -0.2) is 9.69 Å². The Bertz CT molecular complexity index is 1230. The third-order valence-corrected chi connectivity index (χ3v) is 5.14. The van der Waals surface area contributed by atoms with Crippen LogP contribution in [0.25, 0.3) is 6.08 Å². The SMILES string of the molecule is Cc1cccc(N2C(=O)NC(=O)/C(=C\c3ccccc3OCc3ccc(Cl)cc3)C2=O)c1. The van der Waals surface area contributed by atoms with Crippen molar-refractivity contribution in [3.63, 3.8) is 0 Å². The average Bonchev–Trinajstić information content (AvgIpc) is 2.77. The lowest BCUT2D eigenvalue weighted by Gasteiger charge is -2.26. The van der Waals surface area contributed by atoms with Gasteiger partial charge in [-0.3, -0.25) is 14.9 Å². The molecule has 4 rings (SSSR count). The first-order valence-electron chi connectivity index (χ1n) is 9.87. The van der Waals surface area contributed by atoms with Gasteiger partial charge < -0.3 is 4.74 Å². The molecular formula is C25H19ClN2O4. The molecule has 32 heavy (non-hydrogen) atoms. The van der Waals surface area contributed by atoms with Gasteiger partial charge in [0, 0.05) is 10.6 Å². The summed E-state index contributed by atoms with van der Waals surface area (Å²) in [5.41, 5.74) is 2.57. The number of barbiturate groups is 1. The number of hydrogen-bond acceptors (Lipinski definition) is 4. The van der Waals surface area contributed by atoms with Crippen molar-refractivity contribution in [2.75, 3.05) is 4.90 Å². The second-order valence-corrected chi connectivity index (χ2v) is 7.69. The van der Waals surface area contributed by atoms with E-state index in [0.717, 1.165) is 16.0 Å². The van der Waals surface area contributed by atoms with Gasteiger partial charge in [-0.2, -0.15) is 0 Å². The number of nitrogens with one attached hydrogen (secondary N) is 1. The molecule has 1 saturated heterocycles. The van der Waals surface area contributed by atoms with Gasteiger partial charge in [0.05, 0.1) is 5.69 Å². The Kier molecular flexibility index (Phi) is 6.05. The predicted molar refractivity (Wildman–Crippen MR) is 122 cm³/mol. The van der Waals surface area contributed by atoms with E-state index in [-0.39, 0.29) is 12.2 Å². The number of ether oxygens (including phenoxy) is 1. The van der Waals surface area contributed by atoms with Crippen LogP contribution in [0, 0.1) is 6.92 Å². The molecule has 3 aromatic carbocycles. The van der Waals surface area contributed by atoms with Crippen LogP contribution in [0.4, 0.5) is 10.5 Å². The maximum atomic E-state index is 13.1. The Morgan fingerprint density at radius 3 is 2.47 bits per heavy atom. The average molecular weight is 447 g/mol. The Hall–Kier alpha value is -3.90. The Labute approximate surface area is 190 Å². The molecule has 1 fully saturated rings. The summed E-state index contributed by atoms with van der Waals surface area (Å²) >= 11 is 5.92. The molecule has 0 atom stereocenters. The van der Waals surface area contributed by atoms with Crippen molar-refractivity contribution in [3.05, 3.63) is 100 Å². The number of halogens is 1. The number of carbonyl (C=O) groups is 3. The number of anilines is 1. The van der Waals surface area contributed by atoms with Gasteiger partial charge in [0.15, 0.2) is 0 Å². The molecule has 3 aromatic rings. The summed E-state index contributed by atoms with van der Waals surface area (Å²) in [7, 11) is 0. The van der Waals surface area contributed by atoms with E-state index < -0.39 is 17.8 Å². The van der Waals surface area contributed by atoms with Crippen LogP contribution in [0.15, 0.2) is 78.4 Å². The molecule has 1 aliphatic heterocycles. The molecule has 160 valence electrons. The van der Waals surface area contributed by atoms with Crippen LogP contribution in [0.1, 0.15) is 16.7 Å². The van der Waals surface area contributed by atoms with Crippen molar-refractivity contribution in [1.82, 2.24) is 5.32 Å². The molecule has 0 bridgehead atoms. The Balaban J connectivity index is 1.63. The number of urea groups is 1. The fraction of sp³-hybridized carbons (Fsp3) is 0.0800. The third-order valence-electron chi connectivity index (χ3n) is 4.89. The van der Waals surface area contributed by atoms with E-state index in [1.165, 1.54) is 6.08 Å². The maximum Gasteiger partial charge on any atom is 0.335 e. The second-order valence-electron chi connectivity index (χ2n) is 7.25. The van der Waals surface area contributed by atoms with Gasteiger partial charge in [0.2, 0.25) is 0 Å². The van der Waals surface area contributed by atoms with Gasteiger partial charge in [0.1, 0.15) is 17.9 Å². The molecule has 6 nitrogen and oxygen atoms in total. The largest absolute Gasteiger partial charge is 0.488 e. The van der Waals surface area contributed by atoms with Crippen LogP contribution in [-0.2, 0) is 16.2 Å². The van der Waals surface area contributed by atoms with E-state index in [1.54, 1.807) is 54.6 Å². The van der Waals surface area contributed by atoms with Crippen molar-refractivity contribution < 1.29 is 19.1 Å². The van der Waals surface area contributed by atoms with Gasteiger partial charge in [0.25, 0.3) is 11.8 Å². The van der Waals surface area contributed by atoms with Crippen molar-refractivity contribution in [2.45, 2.75) is 13.5 Å². The van der Waals surface area contributed by atoms with E-state index in [9.17, 15) is 14.4 Å². The number of para-hydroxylation sites is 1. The standard InChI is InChI=1S/C25H19ClN2O4/c1-16-5-4-7-20(13-16)28-24(30)21(23(29)27-25(28)31)14-18-6-2-3-8-22(18)32-15-17-9-11-19(26)12-10-17/h2-14H,15H2,1H3,(H,27,29,31)/b21-14+. The van der Waals surface area contributed by atoms with Crippen LogP contribution < -0.4 is 15.0 Å². The fourth-order valence-corrected chi connectivity index (χ4v) is 3.41. The van der Waals surface area contributed by atoms with Crippen molar-refractivity contribution in [3.8, 4) is 5.75 Å². The zero-order chi connectivity index (χ0) is 22.7. The van der Waals surface area contributed by atoms with E-state index in [1.807, 2.05) is 25.1 Å². The lowest BCUT2D eigenvalue weighted by Crippen LogP contribution is -2.54. The number of nitrogens with zero attached hydrogens (tertiary/aromatic N) is 1. The van der Waals surface area contributed by atoms with Crippen molar-refractivity contribution in [2.24, 2.45) is 0 Å². The number of carbonyl (C=O) groups excluding carboxylic acids is 3. The maximum absolute atomic E-state index is 13.1. The quantitative estimate of drug-likeness (QED) is 0.447. The molecular weight excluding hydrogens is 428 g/mol. The zero-order valence-electron chi connectivity index (χ0n) is 17.2. The fourth-order valence-electron chi connectivity index (χ4n) is 3.29. The number of aryl methyl sites for hydroxylation is 1. The first kappa shape index (κ1) is 21.3. The summed E-state index contributed by atoms with van der Waals surface area (Å²) < 4.78 is 5.91. The first-order valence-corrected chi connectivity index (χ1v) is 10.2. The molecule has 1 aliphatic rings. The Morgan fingerprint density at radius 2 is 1.72 bits per heavy atom. The number of amides is 4. The van der Waals surface area contributed by atoms with Crippen LogP contribution in [0.3, 0.4) is 0 Å². The summed E-state index contributed by atoms with van der Waals surface area (Å²) in [5.74, 6) is -0.956. The summed E-state index contributed by atoms with van der Waals surface area (Å²) in [6.07, 6.45) is 1.43. The minimum atomic E-state index is -0.782. The highest BCUT2D eigenvalue weighted by molar-refractivity contribution is 6.39. The van der Waals surface area contributed by atoms with Crippen molar-refractivity contribution in [1.29, 1.82) is 0 Å². The van der Waals surface area contributed by atoms with Gasteiger partial charge in [-0.1, -0.05) is 54.1 Å². The highest BCUT2D eigenvalue weighted by Gasteiger charge is 2.37. The van der Waals surface area contributed by atoms with Crippen LogP contribution in [0.5, 0.6) is 5.75 Å². The molecule has 0 unspecified atom stereocenters. The van der Waals surface area contributed by atoms with Crippen LogP contribution in [-0.4, -0.2) is 17.8 Å². The molecule has 7 heteroatoms. The molecule has 0 spiro atoms. The number of imide groups is 2. The number of hydrogen-bond donors (Lipinski definition) is 1. The lowest BCUT2D eigenvalue weighted by molar-refractivity contribution is -0.122. The highest BCUT2D eigenvalue weighted by atomic mass is 35.5. The third kappa shape index (κ3) is 4.55. The summed E-state index contributed by atoms with van der Waals surface area (Å²) in [6.45, 7) is 2.14. The lowest BCUT2D eigenvalue weighted by atomic mass is 10.1. The van der Waals surface area contributed by atoms with Gasteiger partial charge in [-0.05, 0) is 54.5 Å². The minimum absolute atomic E-state index is 0.159. The van der Waals surface area contributed by atoms with E-state index in [0.29, 0.717) is 22.0 Å². The predicted octanol–water partition coefficient (Wildman–Crippen LogP) is 4.89. The smallest absolute Gasteiger partial charge is 0.335 e. The monoisotopic (exact) mass is 446 g/mol. The van der Waals surface area contributed by atoms with Crippen LogP contribution >= 0.6 is 11.6 Å². The zero-order valence-corrected chi connectivity index (χ0v) is 17.9. The van der Waals surface area contributed by atoms with E-state index in [4.69, 9.17) is 16.3 Å². The molecule has 0 aliphatic carbocycles.